The van der Waals surface area contributed by atoms with E-state index in [9.17, 15) is 0 Å². The molecule has 0 saturated carbocycles. The number of rotatable bonds is 3. The van der Waals surface area contributed by atoms with Crippen LogP contribution in [0, 0.1) is 24.2 Å². The SMILES string of the molecule is C#CC(O)C#CCOCC=C. The van der Waals surface area contributed by atoms with E-state index in [1.165, 1.54) is 0 Å². The summed E-state index contributed by atoms with van der Waals surface area (Å²) in [6, 6.07) is 0. The predicted octanol–water partition coefficient (Wildman–Crippen LogP) is 0.186. The third kappa shape index (κ3) is 6.67. The Morgan fingerprint density at radius 1 is 1.73 bits per heavy atom. The number of terminal acetylenes is 1. The third-order valence-corrected chi connectivity index (χ3v) is 0.807. The van der Waals surface area contributed by atoms with Gasteiger partial charge in [-0.1, -0.05) is 23.8 Å². The van der Waals surface area contributed by atoms with Crippen LogP contribution in [-0.2, 0) is 4.74 Å². The van der Waals surface area contributed by atoms with Crippen molar-refractivity contribution in [1.29, 1.82) is 0 Å². The number of hydrogen-bond donors (Lipinski definition) is 1. The number of aliphatic hydroxyl groups excluding tert-OH is 1. The van der Waals surface area contributed by atoms with Crippen LogP contribution in [0.2, 0.25) is 0 Å². The fraction of sp³-hybridized carbons (Fsp3) is 0.333. The maximum Gasteiger partial charge on any atom is 0.176 e. The molecule has 58 valence electrons. The van der Waals surface area contributed by atoms with E-state index < -0.39 is 6.10 Å². The lowest BCUT2D eigenvalue weighted by Crippen LogP contribution is -1.98. The molecule has 0 radical (unpaired) electrons. The molecule has 0 rings (SSSR count). The van der Waals surface area contributed by atoms with E-state index in [1.807, 2.05) is 0 Å². The first-order valence-corrected chi connectivity index (χ1v) is 3.12. The van der Waals surface area contributed by atoms with Crippen molar-refractivity contribution in [2.75, 3.05) is 13.2 Å². The first-order valence-electron chi connectivity index (χ1n) is 3.12. The Hall–Kier alpha value is -1.22. The molecule has 0 aromatic carbocycles. The molecule has 0 bridgehead atoms. The number of aliphatic hydroxyl groups is 1. The molecule has 0 fully saturated rings. The predicted molar refractivity (Wildman–Crippen MR) is 43.6 cm³/mol. The smallest absolute Gasteiger partial charge is 0.176 e. The maximum absolute atomic E-state index is 8.73. The summed E-state index contributed by atoms with van der Waals surface area (Å²) in [5, 5.41) is 8.73. The van der Waals surface area contributed by atoms with Crippen molar-refractivity contribution in [1.82, 2.24) is 0 Å². The van der Waals surface area contributed by atoms with Gasteiger partial charge in [0.2, 0.25) is 0 Å². The second-order valence-electron chi connectivity index (χ2n) is 1.69. The summed E-state index contributed by atoms with van der Waals surface area (Å²) < 4.78 is 4.91. The normalized spacial score (nSPS) is 10.5. The van der Waals surface area contributed by atoms with Crippen LogP contribution in [0.25, 0.3) is 0 Å². The molecule has 0 aromatic rings. The van der Waals surface area contributed by atoms with Crippen molar-refractivity contribution in [2.45, 2.75) is 6.10 Å². The highest BCUT2D eigenvalue weighted by molar-refractivity contribution is 5.15. The minimum absolute atomic E-state index is 0.269. The van der Waals surface area contributed by atoms with E-state index >= 15 is 0 Å². The largest absolute Gasteiger partial charge is 0.369 e. The first-order chi connectivity index (χ1) is 5.31. The number of ether oxygens (including phenoxy) is 1. The Morgan fingerprint density at radius 3 is 3.00 bits per heavy atom. The van der Waals surface area contributed by atoms with E-state index in [-0.39, 0.29) is 6.61 Å². The van der Waals surface area contributed by atoms with Gasteiger partial charge in [0.25, 0.3) is 0 Å². The molecule has 0 spiro atoms. The van der Waals surface area contributed by atoms with Crippen molar-refractivity contribution < 1.29 is 9.84 Å². The Balaban J connectivity index is 3.41. The fourth-order valence-electron chi connectivity index (χ4n) is 0.373. The lowest BCUT2D eigenvalue weighted by Gasteiger charge is -1.91. The van der Waals surface area contributed by atoms with Crippen LogP contribution in [0.1, 0.15) is 0 Å². The zero-order valence-electron chi connectivity index (χ0n) is 6.21. The van der Waals surface area contributed by atoms with E-state index in [2.05, 4.69) is 24.3 Å². The first kappa shape index (κ1) is 9.78. The molecular weight excluding hydrogens is 140 g/mol. The second kappa shape index (κ2) is 6.89. The lowest BCUT2D eigenvalue weighted by atomic mass is 10.4. The summed E-state index contributed by atoms with van der Waals surface area (Å²) in [5.74, 6) is 7.02. The molecular formula is C9H10O2. The van der Waals surface area contributed by atoms with E-state index in [1.54, 1.807) is 6.08 Å². The lowest BCUT2D eigenvalue weighted by molar-refractivity contribution is 0.199. The van der Waals surface area contributed by atoms with Gasteiger partial charge in [-0.25, -0.2) is 0 Å². The molecule has 1 N–H and O–H groups in total. The fourth-order valence-corrected chi connectivity index (χ4v) is 0.373. The summed E-state index contributed by atoms with van der Waals surface area (Å²) >= 11 is 0. The summed E-state index contributed by atoms with van der Waals surface area (Å²) in [5.41, 5.74) is 0. The maximum atomic E-state index is 8.73. The highest BCUT2D eigenvalue weighted by atomic mass is 16.5. The van der Waals surface area contributed by atoms with E-state index in [0.29, 0.717) is 6.61 Å². The van der Waals surface area contributed by atoms with Crippen molar-refractivity contribution in [3.63, 3.8) is 0 Å². The average molecular weight is 150 g/mol. The van der Waals surface area contributed by atoms with Gasteiger partial charge in [0, 0.05) is 0 Å². The summed E-state index contributed by atoms with van der Waals surface area (Å²) in [7, 11) is 0. The Kier molecular flexibility index (Phi) is 6.13. The van der Waals surface area contributed by atoms with Crippen LogP contribution in [0.15, 0.2) is 12.7 Å². The molecule has 0 aliphatic heterocycles. The molecule has 1 unspecified atom stereocenters. The Morgan fingerprint density at radius 2 is 2.45 bits per heavy atom. The third-order valence-electron chi connectivity index (χ3n) is 0.807. The molecule has 11 heavy (non-hydrogen) atoms. The van der Waals surface area contributed by atoms with Gasteiger partial charge in [-0.3, -0.25) is 0 Å². The van der Waals surface area contributed by atoms with Gasteiger partial charge in [-0.15, -0.1) is 13.0 Å². The quantitative estimate of drug-likeness (QED) is 0.353. The van der Waals surface area contributed by atoms with E-state index in [0.717, 1.165) is 0 Å². The second-order valence-corrected chi connectivity index (χ2v) is 1.69. The van der Waals surface area contributed by atoms with Gasteiger partial charge in [-0.2, -0.15) is 0 Å². The van der Waals surface area contributed by atoms with Crippen LogP contribution in [0.3, 0.4) is 0 Å². The van der Waals surface area contributed by atoms with Gasteiger partial charge in [0.05, 0.1) is 6.61 Å². The van der Waals surface area contributed by atoms with Crippen molar-refractivity contribution in [2.24, 2.45) is 0 Å². The Labute approximate surface area is 66.9 Å². The molecule has 0 amide bonds. The monoisotopic (exact) mass is 150 g/mol. The van der Waals surface area contributed by atoms with Crippen molar-refractivity contribution in [3.8, 4) is 24.2 Å². The standard InChI is InChI=1S/C9H10O2/c1-3-7-11-8-5-6-9(10)4-2/h2-3,9-10H,1,7-8H2. The molecule has 1 atom stereocenters. The van der Waals surface area contributed by atoms with E-state index in [4.69, 9.17) is 16.3 Å². The van der Waals surface area contributed by atoms with Gasteiger partial charge in [0.15, 0.2) is 6.10 Å². The van der Waals surface area contributed by atoms with Gasteiger partial charge in [-0.05, 0) is 0 Å². The Bertz CT molecular complexity index is 202. The molecule has 2 heteroatoms. The highest BCUT2D eigenvalue weighted by Crippen LogP contribution is 1.75. The molecule has 2 nitrogen and oxygen atoms in total. The van der Waals surface area contributed by atoms with Crippen molar-refractivity contribution >= 4 is 0 Å². The van der Waals surface area contributed by atoms with Gasteiger partial charge in [0.1, 0.15) is 6.61 Å². The van der Waals surface area contributed by atoms with Crippen LogP contribution in [-0.4, -0.2) is 24.4 Å². The summed E-state index contributed by atoms with van der Waals surface area (Å²) in [4.78, 5) is 0. The van der Waals surface area contributed by atoms with Crippen LogP contribution in [0.5, 0.6) is 0 Å². The van der Waals surface area contributed by atoms with Gasteiger partial charge < -0.3 is 9.84 Å². The minimum Gasteiger partial charge on any atom is -0.369 e. The molecule has 0 heterocycles. The van der Waals surface area contributed by atoms with Crippen LogP contribution < -0.4 is 0 Å². The zero-order valence-corrected chi connectivity index (χ0v) is 6.21. The summed E-state index contributed by atoms with van der Waals surface area (Å²) in [6.45, 7) is 4.18. The minimum atomic E-state index is -0.984. The summed E-state index contributed by atoms with van der Waals surface area (Å²) in [6.07, 6.45) is 5.49. The molecule has 0 saturated heterocycles. The van der Waals surface area contributed by atoms with Crippen LogP contribution in [0.4, 0.5) is 0 Å². The topological polar surface area (TPSA) is 29.5 Å². The molecule has 0 aromatic heterocycles. The zero-order chi connectivity index (χ0) is 8.53. The van der Waals surface area contributed by atoms with Gasteiger partial charge >= 0.3 is 0 Å². The highest BCUT2D eigenvalue weighted by Gasteiger charge is 1.85. The van der Waals surface area contributed by atoms with Crippen molar-refractivity contribution in [3.05, 3.63) is 12.7 Å². The number of hydrogen-bond acceptors (Lipinski definition) is 2. The molecule has 0 aliphatic carbocycles. The molecule has 0 aliphatic rings. The van der Waals surface area contributed by atoms with Crippen LogP contribution >= 0.6 is 0 Å². The average Bonchev–Trinajstić information content (AvgIpc) is 2.04.